The predicted octanol–water partition coefficient (Wildman–Crippen LogP) is 5.14. The minimum atomic E-state index is -0.404. The summed E-state index contributed by atoms with van der Waals surface area (Å²) in [4.78, 5) is 5.89. The van der Waals surface area contributed by atoms with Crippen molar-refractivity contribution in [3.63, 3.8) is 0 Å². The molecule has 166 valence electrons. The monoisotopic (exact) mass is 404 g/mol. The van der Waals surface area contributed by atoms with Gasteiger partial charge in [0, 0.05) is 12.0 Å². The van der Waals surface area contributed by atoms with Gasteiger partial charge < -0.3 is 15.7 Å². The fourth-order valence-electron chi connectivity index (χ4n) is 8.26. The molecule has 0 aromatic carbocycles. The van der Waals surface area contributed by atoms with Crippen molar-refractivity contribution in [2.24, 2.45) is 50.8 Å². The lowest BCUT2D eigenvalue weighted by atomic mass is 9.41. The van der Waals surface area contributed by atoms with Gasteiger partial charge in [0.15, 0.2) is 0 Å². The van der Waals surface area contributed by atoms with Crippen molar-refractivity contribution in [2.45, 2.75) is 105 Å². The molecule has 4 heteroatoms. The average molecular weight is 405 g/mol. The number of aliphatic hydroxyl groups is 1. The minimum Gasteiger partial charge on any atom is -0.393 e. The third-order valence-corrected chi connectivity index (χ3v) is 10.2. The maximum absolute atomic E-state index is 10.7. The molecule has 4 fully saturated rings. The first-order valence-corrected chi connectivity index (χ1v) is 12.1. The number of nitrogens with two attached hydrogens (primary N) is 1. The molecule has 0 bridgehead atoms. The number of hydrogen-bond acceptors (Lipinski definition) is 4. The second-order valence-electron chi connectivity index (χ2n) is 12.5. The van der Waals surface area contributed by atoms with E-state index in [0.29, 0.717) is 17.9 Å². The Hall–Kier alpha value is -0.610. The Balaban J connectivity index is 1.59. The highest BCUT2D eigenvalue weighted by molar-refractivity contribution is 5.90. The molecule has 4 aliphatic carbocycles. The molecule has 0 heterocycles. The average Bonchev–Trinajstić information content (AvgIpc) is 2.96. The topological polar surface area (TPSA) is 67.8 Å². The fraction of sp³-hybridized carbons (Fsp3) is 0.960. The lowest BCUT2D eigenvalue weighted by molar-refractivity contribution is -0.132. The fourth-order valence-corrected chi connectivity index (χ4v) is 8.26. The molecule has 0 saturated heterocycles. The third kappa shape index (κ3) is 3.19. The van der Waals surface area contributed by atoms with Crippen LogP contribution in [0.15, 0.2) is 5.16 Å². The van der Waals surface area contributed by atoms with E-state index in [2.05, 4.69) is 32.9 Å². The highest BCUT2D eigenvalue weighted by Gasteiger charge is 2.62. The van der Waals surface area contributed by atoms with Crippen molar-refractivity contribution in [1.82, 2.24) is 0 Å². The van der Waals surface area contributed by atoms with Crippen LogP contribution in [0.25, 0.3) is 0 Å². The van der Waals surface area contributed by atoms with Gasteiger partial charge in [0.1, 0.15) is 5.60 Å². The van der Waals surface area contributed by atoms with E-state index < -0.39 is 5.60 Å². The lowest BCUT2D eigenvalue weighted by Crippen LogP contribution is -2.58. The van der Waals surface area contributed by atoms with E-state index in [9.17, 15) is 5.11 Å². The Kier molecular flexibility index (Phi) is 5.18. The molecule has 0 amide bonds. The van der Waals surface area contributed by atoms with Gasteiger partial charge in [-0.2, -0.15) is 0 Å². The van der Waals surface area contributed by atoms with Gasteiger partial charge in [-0.05, 0) is 99.7 Å². The highest BCUT2D eigenvalue weighted by Crippen LogP contribution is 2.68. The van der Waals surface area contributed by atoms with Crippen LogP contribution in [0.1, 0.15) is 92.9 Å². The van der Waals surface area contributed by atoms with Gasteiger partial charge in [0.2, 0.25) is 0 Å². The summed E-state index contributed by atoms with van der Waals surface area (Å²) in [7, 11) is 0. The maximum Gasteiger partial charge on any atom is 0.144 e. The van der Waals surface area contributed by atoms with E-state index in [1.54, 1.807) is 0 Å². The molecule has 4 aliphatic rings. The van der Waals surface area contributed by atoms with Crippen LogP contribution in [0.5, 0.6) is 0 Å². The van der Waals surface area contributed by atoms with Crippen LogP contribution >= 0.6 is 0 Å². The minimum absolute atomic E-state index is 0.0680. The molecule has 4 rings (SSSR count). The highest BCUT2D eigenvalue weighted by atomic mass is 16.6. The third-order valence-electron chi connectivity index (χ3n) is 10.2. The van der Waals surface area contributed by atoms with Crippen LogP contribution in [0, 0.1) is 39.9 Å². The van der Waals surface area contributed by atoms with Crippen molar-refractivity contribution in [2.75, 3.05) is 6.54 Å². The van der Waals surface area contributed by atoms with E-state index in [1.807, 2.05) is 13.8 Å². The van der Waals surface area contributed by atoms with Crippen LogP contribution < -0.4 is 5.73 Å². The lowest BCUT2D eigenvalue weighted by Gasteiger charge is -2.63. The molecule has 0 spiro atoms. The largest absolute Gasteiger partial charge is 0.393 e. The standard InChI is InChI=1S/C25H44N2O2/c1-22(2,15-26)29-27-20-12-14-24(5)18-11-13-25(6)17(8-10-21(25)28)16(18)7-9-19(24)23(20,3)4/h16-19,21,28H,7-15,26H2,1-6H3/b27-20+/t16-,17-,18-,19?,21-,24+,25-/m0/s1. The summed E-state index contributed by atoms with van der Waals surface area (Å²) in [6, 6.07) is 0. The van der Waals surface area contributed by atoms with Crippen LogP contribution in [-0.4, -0.2) is 29.1 Å². The molecule has 7 atom stereocenters. The van der Waals surface area contributed by atoms with E-state index in [1.165, 1.54) is 44.2 Å². The van der Waals surface area contributed by atoms with Crippen LogP contribution in [-0.2, 0) is 4.84 Å². The molecular formula is C25H44N2O2. The zero-order valence-corrected chi connectivity index (χ0v) is 19.6. The number of nitrogens with zero attached hydrogens (tertiary/aromatic N) is 1. The van der Waals surface area contributed by atoms with Crippen molar-refractivity contribution >= 4 is 5.71 Å². The summed E-state index contributed by atoms with van der Waals surface area (Å²) < 4.78 is 0. The molecule has 0 aromatic rings. The molecular weight excluding hydrogens is 360 g/mol. The molecule has 4 nitrogen and oxygen atoms in total. The second kappa shape index (κ2) is 6.95. The van der Waals surface area contributed by atoms with E-state index in [-0.39, 0.29) is 16.9 Å². The van der Waals surface area contributed by atoms with Crippen LogP contribution in [0.2, 0.25) is 0 Å². The summed E-state index contributed by atoms with van der Waals surface area (Å²) in [6.45, 7) is 14.3. The molecule has 4 saturated carbocycles. The number of aliphatic hydroxyl groups excluding tert-OH is 1. The van der Waals surface area contributed by atoms with Gasteiger partial charge in [-0.25, -0.2) is 0 Å². The Bertz CT molecular complexity index is 672. The second-order valence-corrected chi connectivity index (χ2v) is 12.5. The van der Waals surface area contributed by atoms with Gasteiger partial charge in [-0.3, -0.25) is 0 Å². The summed E-state index contributed by atoms with van der Waals surface area (Å²) in [6.07, 6.45) is 9.53. The van der Waals surface area contributed by atoms with Crippen molar-refractivity contribution in [3.05, 3.63) is 0 Å². The quantitative estimate of drug-likeness (QED) is 0.640. The van der Waals surface area contributed by atoms with E-state index in [4.69, 9.17) is 10.6 Å². The summed E-state index contributed by atoms with van der Waals surface area (Å²) in [5.41, 5.74) is 7.29. The van der Waals surface area contributed by atoms with E-state index in [0.717, 1.165) is 30.6 Å². The van der Waals surface area contributed by atoms with Gasteiger partial charge in [0.05, 0.1) is 11.8 Å². The molecule has 1 unspecified atom stereocenters. The van der Waals surface area contributed by atoms with E-state index >= 15 is 0 Å². The Morgan fingerprint density at radius 1 is 1.00 bits per heavy atom. The van der Waals surface area contributed by atoms with Gasteiger partial charge >= 0.3 is 0 Å². The normalized spacial score (nSPS) is 48.0. The molecule has 0 aromatic heterocycles. The predicted molar refractivity (Wildman–Crippen MR) is 119 cm³/mol. The van der Waals surface area contributed by atoms with Crippen molar-refractivity contribution in [3.8, 4) is 0 Å². The SMILES string of the molecule is CC(C)(CN)O/N=C1\CC[C@@]2(C)C(CC[C@H]3[C@@H]4CC[C@H](O)[C@@]4(C)CC[C@@H]32)C1(C)C. The summed E-state index contributed by atoms with van der Waals surface area (Å²) >= 11 is 0. The van der Waals surface area contributed by atoms with Crippen molar-refractivity contribution in [1.29, 1.82) is 0 Å². The first kappa shape index (κ1) is 21.6. The number of rotatable bonds is 3. The number of hydrogen-bond donors (Lipinski definition) is 2. The number of oxime groups is 1. The van der Waals surface area contributed by atoms with Crippen molar-refractivity contribution < 1.29 is 9.94 Å². The Morgan fingerprint density at radius 3 is 2.38 bits per heavy atom. The molecule has 0 radical (unpaired) electrons. The van der Waals surface area contributed by atoms with Gasteiger partial charge in [0.25, 0.3) is 0 Å². The molecule has 29 heavy (non-hydrogen) atoms. The first-order chi connectivity index (χ1) is 13.5. The van der Waals surface area contributed by atoms with Crippen LogP contribution in [0.3, 0.4) is 0 Å². The maximum atomic E-state index is 10.7. The Labute approximate surface area is 178 Å². The Morgan fingerprint density at radius 2 is 1.69 bits per heavy atom. The first-order valence-electron chi connectivity index (χ1n) is 12.1. The summed E-state index contributed by atoms with van der Waals surface area (Å²) in [5.74, 6) is 2.98. The van der Waals surface area contributed by atoms with Gasteiger partial charge in [-0.1, -0.05) is 32.9 Å². The molecule has 3 N–H and O–H groups in total. The number of fused-ring (bicyclic) bond motifs is 5. The van der Waals surface area contributed by atoms with Gasteiger partial charge in [-0.15, -0.1) is 0 Å². The smallest absolute Gasteiger partial charge is 0.144 e. The zero-order valence-electron chi connectivity index (χ0n) is 19.6. The molecule has 0 aliphatic heterocycles. The van der Waals surface area contributed by atoms with Crippen LogP contribution in [0.4, 0.5) is 0 Å². The summed E-state index contributed by atoms with van der Waals surface area (Å²) in [5, 5.41) is 15.4. The zero-order chi connectivity index (χ0) is 21.2.